The molecule has 2 aromatic heterocycles. The third-order valence-electron chi connectivity index (χ3n) is 5.99. The van der Waals surface area contributed by atoms with Gasteiger partial charge in [-0.15, -0.1) is 0 Å². The maximum absolute atomic E-state index is 5.85. The van der Waals surface area contributed by atoms with Gasteiger partial charge in [0.1, 0.15) is 11.5 Å². The summed E-state index contributed by atoms with van der Waals surface area (Å²) in [5.74, 6) is 1.44. The predicted octanol–water partition coefficient (Wildman–Crippen LogP) is 4.71. The van der Waals surface area contributed by atoms with Crippen molar-refractivity contribution in [1.29, 1.82) is 0 Å². The maximum atomic E-state index is 5.85. The second kappa shape index (κ2) is 8.59. The summed E-state index contributed by atoms with van der Waals surface area (Å²) >= 11 is 5.85. The van der Waals surface area contributed by atoms with Crippen molar-refractivity contribution in [2.24, 2.45) is 0 Å². The first kappa shape index (κ1) is 21.2. The Balaban J connectivity index is 1.91. The zero-order chi connectivity index (χ0) is 22.1. The van der Waals surface area contributed by atoms with Crippen LogP contribution in [0.2, 0.25) is 0 Å². The van der Waals surface area contributed by atoms with Crippen LogP contribution in [-0.2, 0) is 6.54 Å². The van der Waals surface area contributed by atoms with Crippen molar-refractivity contribution in [3.63, 3.8) is 0 Å². The van der Waals surface area contributed by atoms with E-state index in [4.69, 9.17) is 21.7 Å². The normalized spacial score (nSPS) is 18.2. The number of thiocarbonyl (C=S) groups is 1. The molecular formula is C24H28N4O2S. The summed E-state index contributed by atoms with van der Waals surface area (Å²) in [6.45, 7) is 7.41. The molecule has 0 saturated carbocycles. The number of hydrogen-bond donors (Lipinski definition) is 1. The number of aromatic nitrogens is 2. The molecule has 1 fully saturated rings. The first-order valence-corrected chi connectivity index (χ1v) is 10.8. The van der Waals surface area contributed by atoms with E-state index in [-0.39, 0.29) is 12.1 Å². The van der Waals surface area contributed by atoms with E-state index in [1.165, 1.54) is 17.0 Å². The second-order valence-corrected chi connectivity index (χ2v) is 7.99. The van der Waals surface area contributed by atoms with Crippen molar-refractivity contribution in [2.75, 3.05) is 19.1 Å². The summed E-state index contributed by atoms with van der Waals surface area (Å²) in [5, 5.41) is 4.16. The van der Waals surface area contributed by atoms with Crippen LogP contribution in [0.25, 0.3) is 0 Å². The molecule has 1 aromatic carbocycles. The van der Waals surface area contributed by atoms with E-state index in [0.717, 1.165) is 23.7 Å². The van der Waals surface area contributed by atoms with Crippen LogP contribution in [0.5, 0.6) is 11.5 Å². The van der Waals surface area contributed by atoms with Crippen molar-refractivity contribution in [3.8, 4) is 11.5 Å². The molecule has 3 aromatic rings. The summed E-state index contributed by atoms with van der Waals surface area (Å²) in [4.78, 5) is 6.79. The van der Waals surface area contributed by atoms with Gasteiger partial charge in [-0.2, -0.15) is 0 Å². The third-order valence-corrected chi connectivity index (χ3v) is 6.31. The monoisotopic (exact) mass is 436 g/mol. The highest BCUT2D eigenvalue weighted by atomic mass is 32.1. The molecule has 6 nitrogen and oxygen atoms in total. The Morgan fingerprint density at radius 3 is 2.52 bits per heavy atom. The molecule has 7 heteroatoms. The fourth-order valence-corrected chi connectivity index (χ4v) is 4.87. The van der Waals surface area contributed by atoms with Gasteiger partial charge in [0.2, 0.25) is 0 Å². The van der Waals surface area contributed by atoms with Crippen molar-refractivity contribution < 1.29 is 9.47 Å². The first-order valence-electron chi connectivity index (χ1n) is 10.4. The number of benzene rings is 1. The van der Waals surface area contributed by atoms with Crippen LogP contribution in [0.3, 0.4) is 0 Å². The first-order chi connectivity index (χ1) is 15.0. The van der Waals surface area contributed by atoms with Gasteiger partial charge in [0.25, 0.3) is 0 Å². The minimum Gasteiger partial charge on any atom is -0.497 e. The molecule has 0 unspecified atom stereocenters. The molecule has 1 aliphatic rings. The Labute approximate surface area is 188 Å². The van der Waals surface area contributed by atoms with E-state index < -0.39 is 0 Å². The lowest BCUT2D eigenvalue weighted by Gasteiger charge is -2.29. The zero-order valence-electron chi connectivity index (χ0n) is 18.5. The minimum absolute atomic E-state index is 0.0730. The third kappa shape index (κ3) is 3.63. The molecule has 0 aliphatic carbocycles. The largest absolute Gasteiger partial charge is 0.497 e. The fourth-order valence-electron chi connectivity index (χ4n) is 4.53. The number of nitrogens with one attached hydrogen (secondary N) is 1. The van der Waals surface area contributed by atoms with Crippen LogP contribution in [0.4, 0.5) is 5.69 Å². The lowest BCUT2D eigenvalue weighted by molar-refractivity contribution is 0.394. The van der Waals surface area contributed by atoms with Gasteiger partial charge in [0.15, 0.2) is 5.11 Å². The lowest BCUT2D eigenvalue weighted by atomic mass is 9.96. The van der Waals surface area contributed by atoms with E-state index >= 15 is 0 Å². The molecule has 162 valence electrons. The molecular weight excluding hydrogens is 408 g/mol. The van der Waals surface area contributed by atoms with E-state index in [1.54, 1.807) is 14.2 Å². The zero-order valence-corrected chi connectivity index (χ0v) is 19.4. The predicted molar refractivity (Wildman–Crippen MR) is 127 cm³/mol. The smallest absolute Gasteiger partial charge is 0.174 e. The number of aryl methyl sites for hydroxylation is 1. The highest BCUT2D eigenvalue weighted by molar-refractivity contribution is 7.80. The summed E-state index contributed by atoms with van der Waals surface area (Å²) in [6, 6.07) is 13.9. The van der Waals surface area contributed by atoms with Crippen molar-refractivity contribution in [2.45, 2.75) is 39.4 Å². The summed E-state index contributed by atoms with van der Waals surface area (Å²) in [6.07, 6.45) is 1.82. The van der Waals surface area contributed by atoms with Gasteiger partial charge >= 0.3 is 0 Å². The van der Waals surface area contributed by atoms with Gasteiger partial charge < -0.3 is 24.3 Å². The van der Waals surface area contributed by atoms with Crippen LogP contribution < -0.4 is 19.7 Å². The van der Waals surface area contributed by atoms with Crippen LogP contribution in [0.1, 0.15) is 41.7 Å². The topological polar surface area (TPSA) is 51.6 Å². The molecule has 0 radical (unpaired) electrons. The van der Waals surface area contributed by atoms with Gasteiger partial charge in [-0.25, -0.2) is 0 Å². The lowest BCUT2D eigenvalue weighted by Crippen LogP contribution is -2.30. The second-order valence-electron chi connectivity index (χ2n) is 7.61. The Morgan fingerprint density at radius 2 is 1.90 bits per heavy atom. The molecule has 0 bridgehead atoms. The number of ether oxygens (including phenoxy) is 2. The quantitative estimate of drug-likeness (QED) is 0.565. The van der Waals surface area contributed by atoms with E-state index in [9.17, 15) is 0 Å². The molecule has 1 aliphatic heterocycles. The van der Waals surface area contributed by atoms with Crippen LogP contribution in [0, 0.1) is 13.8 Å². The number of nitrogens with zero attached hydrogens (tertiary/aromatic N) is 3. The number of methoxy groups -OCH3 is 2. The Bertz CT molecular complexity index is 1100. The maximum Gasteiger partial charge on any atom is 0.174 e. The average molecular weight is 437 g/mol. The number of rotatable bonds is 6. The Morgan fingerprint density at radius 1 is 1.10 bits per heavy atom. The van der Waals surface area contributed by atoms with E-state index in [2.05, 4.69) is 46.6 Å². The summed E-state index contributed by atoms with van der Waals surface area (Å²) < 4.78 is 13.4. The molecule has 3 heterocycles. The highest BCUT2D eigenvalue weighted by Gasteiger charge is 2.43. The fraction of sp³-hybridized carbons (Fsp3) is 0.333. The van der Waals surface area contributed by atoms with E-state index in [0.29, 0.717) is 10.9 Å². The summed E-state index contributed by atoms with van der Waals surface area (Å²) in [5.41, 5.74) is 5.53. The Hall–Kier alpha value is -3.06. The van der Waals surface area contributed by atoms with Crippen LogP contribution in [-0.4, -0.2) is 28.9 Å². The number of pyridine rings is 1. The molecule has 2 atom stereocenters. The van der Waals surface area contributed by atoms with Crippen LogP contribution >= 0.6 is 12.2 Å². The summed E-state index contributed by atoms with van der Waals surface area (Å²) in [7, 11) is 3.31. The van der Waals surface area contributed by atoms with Gasteiger partial charge in [-0.1, -0.05) is 6.07 Å². The molecule has 0 spiro atoms. The van der Waals surface area contributed by atoms with Gasteiger partial charge in [0, 0.05) is 30.2 Å². The highest BCUT2D eigenvalue weighted by Crippen LogP contribution is 2.46. The standard InChI is InChI=1S/C24H28N4O2S/c1-6-27-15(2)13-18(16(27)3)23-22(19-9-7-8-12-25-19)26-24(31)28(23)20-11-10-17(29-4)14-21(20)30-5/h7-14,22-23H,6H2,1-5H3,(H,26,31)/t22-,23+/m0/s1. The number of anilines is 1. The van der Waals surface area contributed by atoms with E-state index in [1.807, 2.05) is 42.6 Å². The van der Waals surface area contributed by atoms with Gasteiger partial charge in [0.05, 0.1) is 37.7 Å². The minimum atomic E-state index is -0.0914. The van der Waals surface area contributed by atoms with Crippen molar-refractivity contribution in [3.05, 3.63) is 71.3 Å². The molecule has 1 saturated heterocycles. The van der Waals surface area contributed by atoms with Gasteiger partial charge in [-0.05, 0) is 68.9 Å². The van der Waals surface area contributed by atoms with Crippen LogP contribution in [0.15, 0.2) is 48.7 Å². The molecule has 0 amide bonds. The van der Waals surface area contributed by atoms with Gasteiger partial charge in [-0.3, -0.25) is 4.98 Å². The average Bonchev–Trinajstić information content (AvgIpc) is 3.28. The number of hydrogen-bond acceptors (Lipinski definition) is 4. The molecule has 1 N–H and O–H groups in total. The molecule has 4 rings (SSSR count). The van der Waals surface area contributed by atoms with Crippen molar-refractivity contribution >= 4 is 23.0 Å². The molecule has 31 heavy (non-hydrogen) atoms. The SMILES string of the molecule is CCn1c(C)cc([C@@H]2[C@H](c3ccccn3)NC(=S)N2c2ccc(OC)cc2OC)c1C. The van der Waals surface area contributed by atoms with Crippen molar-refractivity contribution in [1.82, 2.24) is 14.9 Å². The Kier molecular flexibility index (Phi) is 5.87.